The molecule has 1 saturated carbocycles. The molecule has 2 amide bonds. The van der Waals surface area contributed by atoms with Gasteiger partial charge in [0.15, 0.2) is 0 Å². The third-order valence-corrected chi connectivity index (χ3v) is 3.27. The number of amides is 2. The average molecular weight is 250 g/mol. The molecular formula is C12H18N4O2. The zero-order valence-corrected chi connectivity index (χ0v) is 10.4. The number of carbonyl (C=O) groups is 1. The Morgan fingerprint density at radius 2 is 2.11 bits per heavy atom. The molecule has 1 aromatic heterocycles. The van der Waals surface area contributed by atoms with Crippen LogP contribution in [0.1, 0.15) is 32.0 Å². The number of aliphatic hydroxyl groups excluding tert-OH is 1. The SMILES string of the molecule is CCc1ncc(NC(=O)NC2(CO)CCC2)cn1. The second kappa shape index (κ2) is 5.30. The summed E-state index contributed by atoms with van der Waals surface area (Å²) < 4.78 is 0. The van der Waals surface area contributed by atoms with E-state index in [-0.39, 0.29) is 12.6 Å². The minimum Gasteiger partial charge on any atom is -0.394 e. The lowest BCUT2D eigenvalue weighted by Gasteiger charge is -2.40. The smallest absolute Gasteiger partial charge is 0.319 e. The van der Waals surface area contributed by atoms with Crippen LogP contribution in [-0.4, -0.2) is 33.3 Å². The van der Waals surface area contributed by atoms with Gasteiger partial charge in [0.2, 0.25) is 0 Å². The summed E-state index contributed by atoms with van der Waals surface area (Å²) in [4.78, 5) is 19.9. The van der Waals surface area contributed by atoms with Crippen molar-refractivity contribution in [1.29, 1.82) is 0 Å². The van der Waals surface area contributed by atoms with Crippen molar-refractivity contribution in [1.82, 2.24) is 15.3 Å². The van der Waals surface area contributed by atoms with Crippen molar-refractivity contribution in [2.75, 3.05) is 11.9 Å². The van der Waals surface area contributed by atoms with Crippen LogP contribution in [0.2, 0.25) is 0 Å². The Morgan fingerprint density at radius 3 is 2.56 bits per heavy atom. The number of aromatic nitrogens is 2. The van der Waals surface area contributed by atoms with Gasteiger partial charge in [-0.25, -0.2) is 14.8 Å². The zero-order valence-electron chi connectivity index (χ0n) is 10.4. The van der Waals surface area contributed by atoms with E-state index in [1.54, 1.807) is 12.4 Å². The first-order valence-electron chi connectivity index (χ1n) is 6.18. The molecule has 1 aliphatic rings. The number of urea groups is 1. The molecule has 0 bridgehead atoms. The number of rotatable bonds is 4. The van der Waals surface area contributed by atoms with Gasteiger partial charge >= 0.3 is 6.03 Å². The van der Waals surface area contributed by atoms with Crippen molar-refractivity contribution in [2.24, 2.45) is 0 Å². The van der Waals surface area contributed by atoms with Crippen LogP contribution in [0.5, 0.6) is 0 Å². The fourth-order valence-electron chi connectivity index (χ4n) is 1.93. The summed E-state index contributed by atoms with van der Waals surface area (Å²) >= 11 is 0. The molecular weight excluding hydrogens is 232 g/mol. The van der Waals surface area contributed by atoms with Gasteiger partial charge < -0.3 is 15.7 Å². The summed E-state index contributed by atoms with van der Waals surface area (Å²) in [6, 6.07) is -0.323. The molecule has 1 aromatic rings. The fraction of sp³-hybridized carbons (Fsp3) is 0.583. The third-order valence-electron chi connectivity index (χ3n) is 3.27. The number of nitrogens with one attached hydrogen (secondary N) is 2. The van der Waals surface area contributed by atoms with Gasteiger partial charge in [-0.1, -0.05) is 6.92 Å². The second-order valence-electron chi connectivity index (χ2n) is 4.61. The van der Waals surface area contributed by atoms with Gasteiger partial charge in [0.1, 0.15) is 5.82 Å². The molecule has 0 aliphatic heterocycles. The Bertz CT molecular complexity index is 409. The van der Waals surface area contributed by atoms with Crippen molar-refractivity contribution in [3.8, 4) is 0 Å². The number of hydrogen-bond acceptors (Lipinski definition) is 4. The van der Waals surface area contributed by atoms with Crippen LogP contribution in [0, 0.1) is 0 Å². The van der Waals surface area contributed by atoms with Gasteiger partial charge in [-0.2, -0.15) is 0 Å². The van der Waals surface area contributed by atoms with Gasteiger partial charge in [-0.3, -0.25) is 0 Å². The highest BCUT2D eigenvalue weighted by Gasteiger charge is 2.37. The van der Waals surface area contributed by atoms with Crippen LogP contribution >= 0.6 is 0 Å². The van der Waals surface area contributed by atoms with Crippen LogP contribution in [0.25, 0.3) is 0 Å². The minimum absolute atomic E-state index is 0.0221. The zero-order chi connectivity index (χ0) is 13.0. The highest BCUT2D eigenvalue weighted by atomic mass is 16.3. The Hall–Kier alpha value is -1.69. The van der Waals surface area contributed by atoms with Crippen LogP contribution < -0.4 is 10.6 Å². The molecule has 6 nitrogen and oxygen atoms in total. The lowest BCUT2D eigenvalue weighted by atomic mass is 9.77. The van der Waals surface area contributed by atoms with E-state index >= 15 is 0 Å². The predicted octanol–water partition coefficient (Wildman–Crippen LogP) is 1.08. The highest BCUT2D eigenvalue weighted by Crippen LogP contribution is 2.31. The van der Waals surface area contributed by atoms with E-state index < -0.39 is 5.54 Å². The maximum Gasteiger partial charge on any atom is 0.319 e. The molecule has 2 rings (SSSR count). The van der Waals surface area contributed by atoms with E-state index in [1.165, 1.54) is 0 Å². The Morgan fingerprint density at radius 1 is 1.44 bits per heavy atom. The summed E-state index contributed by atoms with van der Waals surface area (Å²) in [5.41, 5.74) is 0.117. The number of nitrogens with zero attached hydrogens (tertiary/aromatic N) is 2. The van der Waals surface area contributed by atoms with Crippen LogP contribution in [0.3, 0.4) is 0 Å². The summed E-state index contributed by atoms with van der Waals surface area (Å²) in [5, 5.41) is 14.7. The lowest BCUT2D eigenvalue weighted by Crippen LogP contribution is -2.57. The molecule has 0 spiro atoms. The van der Waals surface area contributed by atoms with E-state index in [2.05, 4.69) is 20.6 Å². The monoisotopic (exact) mass is 250 g/mol. The number of aliphatic hydroxyl groups is 1. The molecule has 0 unspecified atom stereocenters. The standard InChI is InChI=1S/C12H18N4O2/c1-2-10-13-6-9(7-14-10)15-11(18)16-12(8-17)4-3-5-12/h6-7,17H,2-5,8H2,1H3,(H2,15,16,18). The summed E-state index contributed by atoms with van der Waals surface area (Å²) in [5.74, 6) is 0.742. The number of hydrogen-bond donors (Lipinski definition) is 3. The quantitative estimate of drug-likeness (QED) is 0.746. The Balaban J connectivity index is 1.90. The van der Waals surface area contributed by atoms with Crippen molar-refractivity contribution in [3.05, 3.63) is 18.2 Å². The predicted molar refractivity (Wildman–Crippen MR) is 67.2 cm³/mol. The van der Waals surface area contributed by atoms with E-state index in [1.807, 2.05) is 6.92 Å². The maximum absolute atomic E-state index is 11.7. The first-order chi connectivity index (χ1) is 8.67. The van der Waals surface area contributed by atoms with Gasteiger partial charge in [0, 0.05) is 6.42 Å². The van der Waals surface area contributed by atoms with E-state index in [9.17, 15) is 9.90 Å². The Labute approximate surface area is 106 Å². The lowest BCUT2D eigenvalue weighted by molar-refractivity contribution is 0.0984. The first-order valence-corrected chi connectivity index (χ1v) is 6.18. The number of anilines is 1. The minimum atomic E-state index is -0.436. The maximum atomic E-state index is 11.7. The molecule has 18 heavy (non-hydrogen) atoms. The normalized spacial score (nSPS) is 16.8. The van der Waals surface area contributed by atoms with E-state index in [0.717, 1.165) is 31.5 Å². The molecule has 1 fully saturated rings. The second-order valence-corrected chi connectivity index (χ2v) is 4.61. The van der Waals surface area contributed by atoms with Gasteiger partial charge in [-0.15, -0.1) is 0 Å². The van der Waals surface area contributed by atoms with Crippen LogP contribution in [-0.2, 0) is 6.42 Å². The molecule has 0 radical (unpaired) electrons. The summed E-state index contributed by atoms with van der Waals surface area (Å²) in [6.07, 6.45) is 6.61. The van der Waals surface area contributed by atoms with Gasteiger partial charge in [0.05, 0.1) is 30.2 Å². The molecule has 0 aromatic carbocycles. The molecule has 6 heteroatoms. The molecule has 98 valence electrons. The summed E-state index contributed by atoms with van der Waals surface area (Å²) in [7, 11) is 0. The van der Waals surface area contributed by atoms with Crippen LogP contribution in [0.4, 0.5) is 10.5 Å². The van der Waals surface area contributed by atoms with Crippen LogP contribution in [0.15, 0.2) is 12.4 Å². The topological polar surface area (TPSA) is 87.1 Å². The molecule has 0 saturated heterocycles. The molecule has 1 heterocycles. The molecule has 0 atom stereocenters. The highest BCUT2D eigenvalue weighted by molar-refractivity contribution is 5.89. The largest absolute Gasteiger partial charge is 0.394 e. The van der Waals surface area contributed by atoms with E-state index in [4.69, 9.17) is 0 Å². The molecule has 1 aliphatic carbocycles. The van der Waals surface area contributed by atoms with Crippen molar-refractivity contribution in [3.63, 3.8) is 0 Å². The number of carbonyl (C=O) groups excluding carboxylic acids is 1. The average Bonchev–Trinajstić information content (AvgIpc) is 2.35. The van der Waals surface area contributed by atoms with Gasteiger partial charge in [0.25, 0.3) is 0 Å². The van der Waals surface area contributed by atoms with Crippen molar-refractivity contribution >= 4 is 11.7 Å². The third kappa shape index (κ3) is 2.76. The number of aryl methyl sites for hydroxylation is 1. The fourth-order valence-corrected chi connectivity index (χ4v) is 1.93. The molecule has 3 N–H and O–H groups in total. The van der Waals surface area contributed by atoms with Gasteiger partial charge in [-0.05, 0) is 19.3 Å². The van der Waals surface area contributed by atoms with Crippen molar-refractivity contribution in [2.45, 2.75) is 38.1 Å². The van der Waals surface area contributed by atoms with E-state index in [0.29, 0.717) is 5.69 Å². The summed E-state index contributed by atoms with van der Waals surface area (Å²) in [6.45, 7) is 1.95. The van der Waals surface area contributed by atoms with Crippen molar-refractivity contribution < 1.29 is 9.90 Å². The first kappa shape index (κ1) is 12.8. The Kier molecular flexibility index (Phi) is 3.76.